The lowest BCUT2D eigenvalue weighted by Crippen LogP contribution is -2.43. The molecule has 1 N–H and O–H groups in total. The van der Waals surface area contributed by atoms with Crippen LogP contribution in [-0.4, -0.2) is 23.0 Å². The molecule has 0 saturated carbocycles. The molecule has 0 heterocycles. The Morgan fingerprint density at radius 3 is 1.65 bits per heavy atom. The zero-order valence-electron chi connectivity index (χ0n) is 25.8. The Kier molecular flexibility index (Phi) is 10.5. The molecule has 0 unspecified atom stereocenters. The Bertz CT molecular complexity index is 1830. The standard InChI is InChI=1S/C37H29F6N2O3P/c38-36(39,40)29-21-28(22-30(23-29)37(41,42)43)35(46)44-31(19-26-11-4-1-5-12-26)25-49(33-15-6-2-7-16-33,34-17-8-3-9-18-34)24-27-13-10-14-32(20-27)45(47)48/h1-18,20-23,31H,19,24-25H2/p+1/t31-/m0/s1. The van der Waals surface area contributed by atoms with Gasteiger partial charge in [0.1, 0.15) is 0 Å². The predicted molar refractivity (Wildman–Crippen MR) is 179 cm³/mol. The van der Waals surface area contributed by atoms with E-state index in [-0.39, 0.29) is 24.3 Å². The molecule has 0 fully saturated rings. The Labute approximate surface area is 279 Å². The highest BCUT2D eigenvalue weighted by molar-refractivity contribution is 7.88. The minimum Gasteiger partial charge on any atom is -0.345 e. The summed E-state index contributed by atoms with van der Waals surface area (Å²) in [5.74, 6) is -1.09. The summed E-state index contributed by atoms with van der Waals surface area (Å²) in [6.45, 7) is 0. The van der Waals surface area contributed by atoms with E-state index in [9.17, 15) is 41.3 Å². The number of nitro benzene ring substituents is 1. The van der Waals surface area contributed by atoms with Gasteiger partial charge in [-0.2, -0.15) is 26.3 Å². The SMILES string of the molecule is O=C(N[C@@H](Cc1ccccc1)C[P+](Cc1cccc([N+](=O)[O-])c1)(c1ccccc1)c1ccccc1)c1cc(C(F)(F)F)cc(C(F)(F)F)c1. The van der Waals surface area contributed by atoms with E-state index in [0.717, 1.165) is 16.2 Å². The van der Waals surface area contributed by atoms with E-state index in [2.05, 4.69) is 5.32 Å². The molecule has 5 nitrogen and oxygen atoms in total. The van der Waals surface area contributed by atoms with Gasteiger partial charge >= 0.3 is 12.4 Å². The van der Waals surface area contributed by atoms with E-state index in [4.69, 9.17) is 0 Å². The van der Waals surface area contributed by atoms with Crippen LogP contribution in [0.3, 0.4) is 0 Å². The number of alkyl halides is 6. The number of halogens is 6. The van der Waals surface area contributed by atoms with Gasteiger partial charge in [-0.3, -0.25) is 14.9 Å². The van der Waals surface area contributed by atoms with E-state index in [0.29, 0.717) is 23.9 Å². The second-order valence-corrected chi connectivity index (χ2v) is 15.2. The summed E-state index contributed by atoms with van der Waals surface area (Å²) >= 11 is 0. The highest BCUT2D eigenvalue weighted by Gasteiger charge is 2.46. The van der Waals surface area contributed by atoms with Crippen LogP contribution in [0.1, 0.15) is 32.6 Å². The number of nitro groups is 1. The van der Waals surface area contributed by atoms with Crippen molar-refractivity contribution < 1.29 is 36.1 Å². The summed E-state index contributed by atoms with van der Waals surface area (Å²) in [5.41, 5.74) is -2.62. The first-order chi connectivity index (χ1) is 23.2. The second kappa shape index (κ2) is 14.6. The molecule has 0 bridgehead atoms. The molecule has 0 spiro atoms. The average molecular weight is 696 g/mol. The fourth-order valence-electron chi connectivity index (χ4n) is 5.90. The van der Waals surface area contributed by atoms with Gasteiger partial charge in [0.25, 0.3) is 11.6 Å². The maximum Gasteiger partial charge on any atom is 0.416 e. The largest absolute Gasteiger partial charge is 0.416 e. The molecule has 1 atom stereocenters. The number of non-ortho nitro benzene ring substituents is 1. The minimum atomic E-state index is -5.13. The van der Waals surface area contributed by atoms with Crippen LogP contribution >= 0.6 is 7.26 Å². The number of hydrogen-bond donors (Lipinski definition) is 1. The maximum atomic E-state index is 13.7. The fourth-order valence-corrected chi connectivity index (χ4v) is 10.4. The molecule has 252 valence electrons. The Morgan fingerprint density at radius 2 is 1.16 bits per heavy atom. The molecule has 0 aromatic heterocycles. The summed E-state index contributed by atoms with van der Waals surface area (Å²) in [4.78, 5) is 24.9. The van der Waals surface area contributed by atoms with E-state index >= 15 is 0 Å². The number of nitrogens with one attached hydrogen (secondary N) is 1. The van der Waals surface area contributed by atoms with Gasteiger partial charge in [0.05, 0.1) is 52.3 Å². The number of amides is 1. The van der Waals surface area contributed by atoms with Crippen molar-refractivity contribution in [3.8, 4) is 0 Å². The van der Waals surface area contributed by atoms with Gasteiger partial charge in [0.2, 0.25) is 0 Å². The van der Waals surface area contributed by atoms with Gasteiger partial charge in [-0.05, 0) is 60.0 Å². The molecule has 5 rings (SSSR count). The molecule has 0 aliphatic rings. The van der Waals surface area contributed by atoms with Gasteiger partial charge in [-0.25, -0.2) is 0 Å². The van der Waals surface area contributed by atoms with E-state index in [1.165, 1.54) is 12.1 Å². The molecular weight excluding hydrogens is 665 g/mol. The van der Waals surface area contributed by atoms with Crippen molar-refractivity contribution >= 4 is 29.5 Å². The third-order valence-electron chi connectivity index (χ3n) is 8.12. The van der Waals surface area contributed by atoms with Gasteiger partial charge in [-0.15, -0.1) is 0 Å². The van der Waals surface area contributed by atoms with Crippen LogP contribution in [0.5, 0.6) is 0 Å². The summed E-state index contributed by atoms with van der Waals surface area (Å²) < 4.78 is 82.2. The molecule has 1 amide bonds. The molecule has 5 aromatic rings. The molecule has 49 heavy (non-hydrogen) atoms. The Morgan fingerprint density at radius 1 is 0.673 bits per heavy atom. The van der Waals surface area contributed by atoms with Gasteiger partial charge < -0.3 is 5.32 Å². The first kappa shape index (κ1) is 35.3. The topological polar surface area (TPSA) is 72.2 Å². The predicted octanol–water partition coefficient (Wildman–Crippen LogP) is 8.84. The molecular formula is C37H30F6N2O3P+. The second-order valence-electron chi connectivity index (χ2n) is 11.6. The van der Waals surface area contributed by atoms with Crippen LogP contribution in [0.4, 0.5) is 32.0 Å². The summed E-state index contributed by atoms with van der Waals surface area (Å²) in [5, 5.41) is 16.3. The highest BCUT2D eigenvalue weighted by atomic mass is 31.2. The van der Waals surface area contributed by atoms with Crippen molar-refractivity contribution in [1.82, 2.24) is 5.32 Å². The molecule has 0 radical (unpaired) electrons. The number of carbonyl (C=O) groups excluding carboxylic acids is 1. The zero-order chi connectivity index (χ0) is 35.2. The van der Waals surface area contributed by atoms with Crippen LogP contribution in [0.15, 0.2) is 133 Å². The highest BCUT2D eigenvalue weighted by Crippen LogP contribution is 2.60. The number of carbonyl (C=O) groups is 1. The van der Waals surface area contributed by atoms with Crippen molar-refractivity contribution in [2.24, 2.45) is 0 Å². The monoisotopic (exact) mass is 695 g/mol. The lowest BCUT2D eigenvalue weighted by molar-refractivity contribution is -0.384. The molecule has 12 heteroatoms. The lowest BCUT2D eigenvalue weighted by atomic mass is 10.0. The van der Waals surface area contributed by atoms with Crippen molar-refractivity contribution in [2.75, 3.05) is 6.16 Å². The smallest absolute Gasteiger partial charge is 0.345 e. The average Bonchev–Trinajstić information content (AvgIpc) is 3.08. The van der Waals surface area contributed by atoms with Crippen LogP contribution in [0.25, 0.3) is 0 Å². The third-order valence-corrected chi connectivity index (χ3v) is 12.7. The number of hydrogen-bond acceptors (Lipinski definition) is 3. The first-order valence-electron chi connectivity index (χ1n) is 15.1. The quantitative estimate of drug-likeness (QED) is 0.0650. The Balaban J connectivity index is 1.65. The third kappa shape index (κ3) is 8.72. The number of benzene rings is 5. The molecule has 0 aliphatic carbocycles. The molecule has 5 aromatic carbocycles. The molecule has 0 aliphatic heterocycles. The van der Waals surface area contributed by atoms with Crippen LogP contribution < -0.4 is 15.9 Å². The van der Waals surface area contributed by atoms with Crippen molar-refractivity contribution in [3.05, 3.63) is 171 Å². The summed E-state index contributed by atoms with van der Waals surface area (Å²) in [6, 6.07) is 34.1. The first-order valence-corrected chi connectivity index (χ1v) is 17.3. The zero-order valence-corrected chi connectivity index (χ0v) is 26.7. The van der Waals surface area contributed by atoms with Crippen molar-refractivity contribution in [2.45, 2.75) is 31.0 Å². The van der Waals surface area contributed by atoms with Crippen LogP contribution in [-0.2, 0) is 24.9 Å². The van der Waals surface area contributed by atoms with Crippen LogP contribution in [0.2, 0.25) is 0 Å². The summed E-state index contributed by atoms with van der Waals surface area (Å²) in [7, 11) is -2.68. The van der Waals surface area contributed by atoms with Gasteiger partial charge in [0, 0.05) is 17.7 Å². The Hall–Kier alpha value is -5.02. The fraction of sp³-hybridized carbons (Fsp3) is 0.162. The lowest BCUT2D eigenvalue weighted by Gasteiger charge is -2.32. The van der Waals surface area contributed by atoms with Crippen LogP contribution in [0, 0.1) is 10.1 Å². The number of rotatable bonds is 11. The van der Waals surface area contributed by atoms with E-state index < -0.39 is 53.2 Å². The number of nitrogens with zero attached hydrogens (tertiary/aromatic N) is 1. The molecule has 0 saturated heterocycles. The van der Waals surface area contributed by atoms with E-state index in [1.807, 2.05) is 72.8 Å². The van der Waals surface area contributed by atoms with E-state index in [1.54, 1.807) is 30.3 Å². The normalized spacial score (nSPS) is 12.7. The van der Waals surface area contributed by atoms with Crippen molar-refractivity contribution in [1.29, 1.82) is 0 Å². The summed E-state index contributed by atoms with van der Waals surface area (Å²) in [6.07, 6.45) is -9.49. The maximum absolute atomic E-state index is 13.7. The minimum absolute atomic E-state index is 0.0152. The van der Waals surface area contributed by atoms with Gasteiger partial charge in [0.15, 0.2) is 0 Å². The van der Waals surface area contributed by atoms with Crippen molar-refractivity contribution in [3.63, 3.8) is 0 Å². The van der Waals surface area contributed by atoms with Gasteiger partial charge in [-0.1, -0.05) is 78.9 Å².